The summed E-state index contributed by atoms with van der Waals surface area (Å²) in [4.78, 5) is 12.6. The molecule has 1 aromatic carbocycles. The van der Waals surface area contributed by atoms with Crippen molar-refractivity contribution < 1.29 is 19.0 Å². The number of hydrogen-bond acceptors (Lipinski definition) is 6. The number of nitrogens with two attached hydrogens (primary N) is 1. The van der Waals surface area contributed by atoms with Gasteiger partial charge in [0.1, 0.15) is 23.2 Å². The van der Waals surface area contributed by atoms with E-state index in [-0.39, 0.29) is 29.1 Å². The van der Waals surface area contributed by atoms with E-state index in [1.807, 2.05) is 18.2 Å². The van der Waals surface area contributed by atoms with E-state index in [4.69, 9.17) is 19.9 Å². The Morgan fingerprint density at radius 3 is 2.56 bits per heavy atom. The normalized spacial score (nSPS) is 17.3. The molecule has 1 aliphatic rings. The highest BCUT2D eigenvalue weighted by atomic mass is 16.5. The van der Waals surface area contributed by atoms with Gasteiger partial charge in [0.25, 0.3) is 0 Å². The maximum absolute atomic E-state index is 12.6. The lowest BCUT2D eigenvalue weighted by Crippen LogP contribution is -2.26. The quantitative estimate of drug-likeness (QED) is 0.813. The number of allylic oxidation sites excluding steroid dienone is 2. The van der Waals surface area contributed by atoms with Gasteiger partial charge in [0.15, 0.2) is 0 Å². The van der Waals surface area contributed by atoms with Crippen LogP contribution in [0.25, 0.3) is 0 Å². The highest BCUT2D eigenvalue weighted by Gasteiger charge is 2.38. The molecule has 0 aliphatic carbocycles. The number of rotatable bonds is 4. The Kier molecular flexibility index (Phi) is 5.85. The Bertz CT molecular complexity index is 854. The monoisotopic (exact) mass is 370 g/mol. The topological polar surface area (TPSA) is 94.6 Å². The van der Waals surface area contributed by atoms with Crippen molar-refractivity contribution in [1.29, 1.82) is 5.26 Å². The van der Waals surface area contributed by atoms with Crippen LogP contribution in [0.5, 0.6) is 5.75 Å². The van der Waals surface area contributed by atoms with Gasteiger partial charge in [-0.15, -0.1) is 0 Å². The van der Waals surface area contributed by atoms with Crippen molar-refractivity contribution >= 4 is 5.97 Å². The lowest BCUT2D eigenvalue weighted by molar-refractivity contribution is -0.139. The lowest BCUT2D eigenvalue weighted by atomic mass is 9.80. The van der Waals surface area contributed by atoms with Crippen molar-refractivity contribution in [2.75, 3.05) is 13.7 Å². The fourth-order valence-corrected chi connectivity index (χ4v) is 3.08. The van der Waals surface area contributed by atoms with Crippen molar-refractivity contribution in [3.05, 3.63) is 52.1 Å². The van der Waals surface area contributed by atoms with Gasteiger partial charge in [-0.05, 0) is 30.9 Å². The first-order chi connectivity index (χ1) is 12.6. The van der Waals surface area contributed by atoms with E-state index < -0.39 is 11.9 Å². The number of nitrogens with zero attached hydrogens (tertiary/aromatic N) is 1. The third-order valence-corrected chi connectivity index (χ3v) is 4.51. The molecule has 2 rings (SSSR count). The van der Waals surface area contributed by atoms with Crippen LogP contribution >= 0.6 is 0 Å². The molecule has 0 amide bonds. The molecular formula is C21H26N2O4. The first kappa shape index (κ1) is 20.4. The number of carbonyl (C=O) groups is 1. The van der Waals surface area contributed by atoms with E-state index in [9.17, 15) is 10.1 Å². The first-order valence-corrected chi connectivity index (χ1v) is 8.79. The molecule has 1 unspecified atom stereocenters. The summed E-state index contributed by atoms with van der Waals surface area (Å²) < 4.78 is 16.2. The second-order valence-corrected chi connectivity index (χ2v) is 7.32. The Balaban J connectivity index is 2.71. The lowest BCUT2D eigenvalue weighted by Gasteiger charge is -2.29. The SMILES string of the molecule is CCOC(=O)C1=C(C)OC(N)=C(C#N)C1c1ccc(C(C)(C)C)cc1OC. The molecule has 6 heteroatoms. The third kappa shape index (κ3) is 3.92. The second-order valence-electron chi connectivity index (χ2n) is 7.32. The Morgan fingerprint density at radius 1 is 1.37 bits per heavy atom. The van der Waals surface area contributed by atoms with Gasteiger partial charge in [-0.3, -0.25) is 0 Å². The minimum Gasteiger partial charge on any atom is -0.496 e. The van der Waals surface area contributed by atoms with Crippen LogP contribution in [0.1, 0.15) is 51.7 Å². The highest BCUT2D eigenvalue weighted by molar-refractivity contribution is 5.92. The smallest absolute Gasteiger partial charge is 0.338 e. The molecule has 0 bridgehead atoms. The molecule has 0 aromatic heterocycles. The van der Waals surface area contributed by atoms with Crippen LogP contribution in [-0.2, 0) is 19.7 Å². The van der Waals surface area contributed by atoms with Gasteiger partial charge in [0, 0.05) is 5.56 Å². The zero-order chi connectivity index (χ0) is 20.4. The highest BCUT2D eigenvalue weighted by Crippen LogP contribution is 2.44. The summed E-state index contributed by atoms with van der Waals surface area (Å²) in [6, 6.07) is 7.84. The van der Waals surface area contributed by atoms with E-state index in [1.165, 1.54) is 0 Å². The molecule has 1 heterocycles. The van der Waals surface area contributed by atoms with E-state index in [1.54, 1.807) is 21.0 Å². The Hall–Kier alpha value is -2.94. The van der Waals surface area contributed by atoms with Crippen LogP contribution in [0.15, 0.2) is 41.0 Å². The van der Waals surface area contributed by atoms with Crippen molar-refractivity contribution in [3.63, 3.8) is 0 Å². The fourth-order valence-electron chi connectivity index (χ4n) is 3.08. The van der Waals surface area contributed by atoms with Crippen LogP contribution in [0, 0.1) is 11.3 Å². The number of methoxy groups -OCH3 is 1. The van der Waals surface area contributed by atoms with Gasteiger partial charge in [0.2, 0.25) is 5.88 Å². The number of ether oxygens (including phenoxy) is 3. The average Bonchev–Trinajstić information content (AvgIpc) is 2.59. The molecule has 0 saturated heterocycles. The maximum atomic E-state index is 12.6. The fraction of sp³-hybridized carbons (Fsp3) is 0.429. The van der Waals surface area contributed by atoms with Crippen LogP contribution in [0.3, 0.4) is 0 Å². The molecule has 2 N–H and O–H groups in total. The maximum Gasteiger partial charge on any atom is 0.338 e. The van der Waals surface area contributed by atoms with Crippen LogP contribution < -0.4 is 10.5 Å². The van der Waals surface area contributed by atoms with Crippen LogP contribution in [0.2, 0.25) is 0 Å². The van der Waals surface area contributed by atoms with Crippen molar-refractivity contribution in [3.8, 4) is 11.8 Å². The molecule has 1 atom stereocenters. The molecule has 0 spiro atoms. The second kappa shape index (κ2) is 7.75. The molecule has 144 valence electrons. The third-order valence-electron chi connectivity index (χ3n) is 4.51. The number of hydrogen-bond donors (Lipinski definition) is 1. The molecule has 0 fully saturated rings. The molecule has 1 aliphatic heterocycles. The van der Waals surface area contributed by atoms with Gasteiger partial charge in [-0.1, -0.05) is 32.9 Å². The molecule has 1 aromatic rings. The summed E-state index contributed by atoms with van der Waals surface area (Å²) in [7, 11) is 1.56. The number of carbonyl (C=O) groups excluding carboxylic acids is 1. The molecular weight excluding hydrogens is 344 g/mol. The predicted molar refractivity (Wildman–Crippen MR) is 102 cm³/mol. The van der Waals surface area contributed by atoms with Crippen molar-refractivity contribution in [1.82, 2.24) is 0 Å². The summed E-state index contributed by atoms with van der Waals surface area (Å²) in [6.45, 7) is 9.87. The predicted octanol–water partition coefficient (Wildman–Crippen LogP) is 3.64. The van der Waals surface area contributed by atoms with Crippen molar-refractivity contribution in [2.45, 2.75) is 46.0 Å². The van der Waals surface area contributed by atoms with Gasteiger partial charge >= 0.3 is 5.97 Å². The van der Waals surface area contributed by atoms with E-state index in [0.717, 1.165) is 5.56 Å². The average molecular weight is 370 g/mol. The first-order valence-electron chi connectivity index (χ1n) is 8.79. The van der Waals surface area contributed by atoms with Gasteiger partial charge in [-0.25, -0.2) is 4.79 Å². The number of benzene rings is 1. The van der Waals surface area contributed by atoms with Crippen molar-refractivity contribution in [2.24, 2.45) is 5.73 Å². The standard InChI is InChI=1S/C21H26N2O4/c1-7-26-20(24)17-12(2)27-19(23)15(11-22)18(17)14-9-8-13(21(3,4)5)10-16(14)25-6/h8-10,18H,7,23H2,1-6H3. The summed E-state index contributed by atoms with van der Waals surface area (Å²) in [6.07, 6.45) is 0. The summed E-state index contributed by atoms with van der Waals surface area (Å²) >= 11 is 0. The molecule has 0 radical (unpaired) electrons. The van der Waals surface area contributed by atoms with Crippen LogP contribution in [-0.4, -0.2) is 19.7 Å². The molecule has 6 nitrogen and oxygen atoms in total. The van der Waals surface area contributed by atoms with Gasteiger partial charge < -0.3 is 19.9 Å². The van der Waals surface area contributed by atoms with Gasteiger partial charge in [0.05, 0.1) is 25.2 Å². The number of nitriles is 1. The van der Waals surface area contributed by atoms with E-state index in [2.05, 4.69) is 26.8 Å². The zero-order valence-electron chi connectivity index (χ0n) is 16.7. The largest absolute Gasteiger partial charge is 0.496 e. The molecule has 0 saturated carbocycles. The molecule has 27 heavy (non-hydrogen) atoms. The Labute approximate surface area is 160 Å². The van der Waals surface area contributed by atoms with Gasteiger partial charge in [-0.2, -0.15) is 5.26 Å². The van der Waals surface area contributed by atoms with E-state index >= 15 is 0 Å². The summed E-state index contributed by atoms with van der Waals surface area (Å²) in [5.74, 6) is -0.384. The zero-order valence-corrected chi connectivity index (χ0v) is 16.7. The number of esters is 1. The Morgan fingerprint density at radius 2 is 2.04 bits per heavy atom. The van der Waals surface area contributed by atoms with E-state index in [0.29, 0.717) is 17.1 Å². The summed E-state index contributed by atoms with van der Waals surface area (Å²) in [5.41, 5.74) is 8.01. The van der Waals surface area contributed by atoms with Crippen LogP contribution in [0.4, 0.5) is 0 Å². The minimum atomic E-state index is -0.716. The summed E-state index contributed by atoms with van der Waals surface area (Å²) in [5, 5.41) is 9.67. The minimum absolute atomic E-state index is 0.0185.